The second-order valence-electron chi connectivity index (χ2n) is 3.11. The molecular weight excluding hydrogens is 197 g/mol. The highest BCUT2D eigenvalue weighted by molar-refractivity contribution is 5.57. The van der Waals surface area contributed by atoms with Gasteiger partial charge in [-0.3, -0.25) is 0 Å². The molecule has 0 radical (unpaired) electrons. The number of hydrogen-bond acceptors (Lipinski definition) is 3. The summed E-state index contributed by atoms with van der Waals surface area (Å²) in [6.07, 6.45) is 0. The molecule has 0 aliphatic rings. The van der Waals surface area contributed by atoms with Crippen LogP contribution in [0.15, 0.2) is 40.8 Å². The molecule has 0 saturated heterocycles. The molecule has 1 aromatic carbocycles. The summed E-state index contributed by atoms with van der Waals surface area (Å²) < 4.78 is 18.1. The third-order valence-electron chi connectivity index (χ3n) is 2.04. The summed E-state index contributed by atoms with van der Waals surface area (Å²) in [6, 6.07) is 9.57. The lowest BCUT2D eigenvalue weighted by Gasteiger charge is -1.96. The predicted octanol–water partition coefficient (Wildman–Crippen LogP) is 2.56. The van der Waals surface area contributed by atoms with Crippen molar-refractivity contribution < 1.29 is 14.0 Å². The first-order chi connectivity index (χ1) is 7.29. The summed E-state index contributed by atoms with van der Waals surface area (Å²) in [6.45, 7) is 0.251. The second kappa shape index (κ2) is 4.25. The smallest absolute Gasteiger partial charge is 0.134 e. The number of rotatable bonds is 3. The number of furan rings is 1. The largest absolute Gasteiger partial charge is 0.460 e. The number of hydroxylamine groups is 1. The normalized spacial score (nSPS) is 10.5. The van der Waals surface area contributed by atoms with Gasteiger partial charge in [0.2, 0.25) is 0 Å². The highest BCUT2D eigenvalue weighted by Gasteiger charge is 2.04. The van der Waals surface area contributed by atoms with Crippen molar-refractivity contribution in [3.05, 3.63) is 48.0 Å². The van der Waals surface area contributed by atoms with Gasteiger partial charge in [-0.1, -0.05) is 0 Å². The topological polar surface area (TPSA) is 45.4 Å². The second-order valence-corrected chi connectivity index (χ2v) is 3.11. The van der Waals surface area contributed by atoms with Gasteiger partial charge >= 0.3 is 0 Å². The van der Waals surface area contributed by atoms with E-state index in [1.165, 1.54) is 12.1 Å². The Morgan fingerprint density at radius 3 is 2.53 bits per heavy atom. The third kappa shape index (κ3) is 2.23. The van der Waals surface area contributed by atoms with Crippen LogP contribution in [0.3, 0.4) is 0 Å². The minimum atomic E-state index is -0.275. The number of nitrogens with one attached hydrogen (secondary N) is 1. The van der Waals surface area contributed by atoms with Crippen LogP contribution in [0.5, 0.6) is 0 Å². The molecule has 0 aliphatic carbocycles. The lowest BCUT2D eigenvalue weighted by molar-refractivity contribution is 0.153. The first kappa shape index (κ1) is 9.89. The summed E-state index contributed by atoms with van der Waals surface area (Å²) in [5.41, 5.74) is 2.81. The average Bonchev–Trinajstić information content (AvgIpc) is 2.68. The molecule has 0 unspecified atom stereocenters. The van der Waals surface area contributed by atoms with E-state index in [0.717, 1.165) is 5.56 Å². The van der Waals surface area contributed by atoms with Crippen molar-refractivity contribution in [3.63, 3.8) is 0 Å². The van der Waals surface area contributed by atoms with Crippen molar-refractivity contribution in [2.75, 3.05) is 0 Å². The number of benzene rings is 1. The van der Waals surface area contributed by atoms with Crippen LogP contribution in [0.4, 0.5) is 4.39 Å². The van der Waals surface area contributed by atoms with Gasteiger partial charge in [0.25, 0.3) is 0 Å². The predicted molar refractivity (Wildman–Crippen MR) is 52.7 cm³/mol. The summed E-state index contributed by atoms with van der Waals surface area (Å²) in [5.74, 6) is 1.000. The fourth-order valence-electron chi connectivity index (χ4n) is 1.32. The van der Waals surface area contributed by atoms with Gasteiger partial charge in [-0.05, 0) is 36.4 Å². The SMILES string of the molecule is ONCc1ccc(-c2ccc(F)cc2)o1. The lowest BCUT2D eigenvalue weighted by atomic mass is 10.2. The van der Waals surface area contributed by atoms with Crippen molar-refractivity contribution in [2.45, 2.75) is 6.54 Å². The van der Waals surface area contributed by atoms with Crippen LogP contribution in [0.1, 0.15) is 5.76 Å². The Kier molecular flexibility index (Phi) is 2.80. The zero-order chi connectivity index (χ0) is 10.7. The molecule has 2 rings (SSSR count). The lowest BCUT2D eigenvalue weighted by Crippen LogP contribution is -2.04. The molecular formula is C11H10FNO2. The Labute approximate surface area is 86.1 Å². The molecule has 0 fully saturated rings. The van der Waals surface area contributed by atoms with Crippen molar-refractivity contribution in [2.24, 2.45) is 0 Å². The number of hydrogen-bond donors (Lipinski definition) is 2. The van der Waals surface area contributed by atoms with Crippen LogP contribution in [0.2, 0.25) is 0 Å². The first-order valence-corrected chi connectivity index (χ1v) is 4.51. The van der Waals surface area contributed by atoms with Gasteiger partial charge in [-0.2, -0.15) is 5.48 Å². The van der Waals surface area contributed by atoms with E-state index in [1.807, 2.05) is 5.48 Å². The minimum absolute atomic E-state index is 0.251. The minimum Gasteiger partial charge on any atom is -0.460 e. The maximum absolute atomic E-state index is 12.7. The van der Waals surface area contributed by atoms with E-state index in [4.69, 9.17) is 9.62 Å². The van der Waals surface area contributed by atoms with Crippen LogP contribution in [0, 0.1) is 5.82 Å². The van der Waals surface area contributed by atoms with Crippen LogP contribution < -0.4 is 5.48 Å². The van der Waals surface area contributed by atoms with Crippen molar-refractivity contribution in [3.8, 4) is 11.3 Å². The molecule has 0 bridgehead atoms. The quantitative estimate of drug-likeness (QED) is 0.760. The van der Waals surface area contributed by atoms with Crippen LogP contribution >= 0.6 is 0 Å². The molecule has 0 atom stereocenters. The Balaban J connectivity index is 2.25. The van der Waals surface area contributed by atoms with Crippen molar-refractivity contribution >= 4 is 0 Å². The molecule has 2 N–H and O–H groups in total. The summed E-state index contributed by atoms with van der Waals surface area (Å²) in [7, 11) is 0. The van der Waals surface area contributed by atoms with Gasteiger partial charge < -0.3 is 9.62 Å². The van der Waals surface area contributed by atoms with E-state index in [1.54, 1.807) is 24.3 Å². The first-order valence-electron chi connectivity index (χ1n) is 4.51. The highest BCUT2D eigenvalue weighted by atomic mass is 19.1. The molecule has 0 saturated carbocycles. The van der Waals surface area contributed by atoms with Gasteiger partial charge in [-0.15, -0.1) is 0 Å². The van der Waals surface area contributed by atoms with Gasteiger partial charge in [0, 0.05) is 5.56 Å². The Hall–Kier alpha value is -1.65. The van der Waals surface area contributed by atoms with Crippen LogP contribution in [-0.2, 0) is 6.54 Å². The summed E-state index contributed by atoms with van der Waals surface area (Å²) >= 11 is 0. The number of halogens is 1. The Morgan fingerprint density at radius 2 is 1.87 bits per heavy atom. The molecule has 78 valence electrons. The fraction of sp³-hybridized carbons (Fsp3) is 0.0909. The molecule has 1 heterocycles. The van der Waals surface area contributed by atoms with Crippen molar-refractivity contribution in [1.82, 2.24) is 5.48 Å². The van der Waals surface area contributed by atoms with Crippen LogP contribution in [-0.4, -0.2) is 5.21 Å². The summed E-state index contributed by atoms with van der Waals surface area (Å²) in [4.78, 5) is 0. The molecule has 0 spiro atoms. The summed E-state index contributed by atoms with van der Waals surface area (Å²) in [5, 5.41) is 8.48. The Bertz CT molecular complexity index is 436. The molecule has 0 amide bonds. The van der Waals surface area contributed by atoms with Gasteiger partial charge in [0.05, 0.1) is 6.54 Å². The van der Waals surface area contributed by atoms with E-state index in [9.17, 15) is 4.39 Å². The van der Waals surface area contributed by atoms with Gasteiger partial charge in [-0.25, -0.2) is 4.39 Å². The highest BCUT2D eigenvalue weighted by Crippen LogP contribution is 2.22. The van der Waals surface area contributed by atoms with Gasteiger partial charge in [0.15, 0.2) is 0 Å². The maximum atomic E-state index is 12.7. The third-order valence-corrected chi connectivity index (χ3v) is 2.04. The van der Waals surface area contributed by atoms with E-state index < -0.39 is 0 Å². The molecule has 15 heavy (non-hydrogen) atoms. The van der Waals surface area contributed by atoms with Gasteiger partial charge in [0.1, 0.15) is 17.3 Å². The maximum Gasteiger partial charge on any atom is 0.134 e. The van der Waals surface area contributed by atoms with E-state index in [0.29, 0.717) is 11.5 Å². The molecule has 1 aromatic heterocycles. The fourth-order valence-corrected chi connectivity index (χ4v) is 1.32. The standard InChI is InChI=1S/C11H10FNO2/c12-9-3-1-8(2-4-9)11-6-5-10(15-11)7-13-14/h1-6,13-14H,7H2. The van der Waals surface area contributed by atoms with Crippen LogP contribution in [0.25, 0.3) is 11.3 Å². The molecule has 2 aromatic rings. The van der Waals surface area contributed by atoms with E-state index >= 15 is 0 Å². The van der Waals surface area contributed by atoms with Crippen molar-refractivity contribution in [1.29, 1.82) is 0 Å². The molecule has 0 aliphatic heterocycles. The van der Waals surface area contributed by atoms with E-state index in [2.05, 4.69) is 0 Å². The average molecular weight is 207 g/mol. The van der Waals surface area contributed by atoms with E-state index in [-0.39, 0.29) is 12.4 Å². The zero-order valence-corrected chi connectivity index (χ0v) is 7.90. The Morgan fingerprint density at radius 1 is 1.13 bits per heavy atom. The molecule has 3 nitrogen and oxygen atoms in total. The zero-order valence-electron chi connectivity index (χ0n) is 7.90. The monoisotopic (exact) mass is 207 g/mol. The molecule has 4 heteroatoms.